The molecule has 1 aliphatic rings. The summed E-state index contributed by atoms with van der Waals surface area (Å²) in [7, 11) is 0. The number of likely N-dealkylation sites (N-methyl/N-ethyl adjacent to an activating group) is 1. The second-order valence-electron chi connectivity index (χ2n) is 7.42. The molecule has 1 N–H and O–H groups in total. The lowest BCUT2D eigenvalue weighted by molar-refractivity contribution is -0.137. The fourth-order valence-corrected chi connectivity index (χ4v) is 3.98. The molecule has 0 unspecified atom stereocenters. The predicted octanol–water partition coefficient (Wildman–Crippen LogP) is 4.18. The molecule has 9 heteroatoms. The Balaban J connectivity index is 1.73. The molecule has 0 aliphatic carbocycles. The number of halogens is 3. The third-order valence-electron chi connectivity index (χ3n) is 5.62. The number of fused-ring (bicyclic) bond motifs is 1. The number of phenolic OH excluding ortho intramolecular Hbond substituents is 1. The van der Waals surface area contributed by atoms with Gasteiger partial charge >= 0.3 is 6.18 Å². The normalized spacial score (nSPS) is 18.4. The first-order valence-corrected chi connectivity index (χ1v) is 9.62. The van der Waals surface area contributed by atoms with E-state index in [0.29, 0.717) is 28.5 Å². The second-order valence-corrected chi connectivity index (χ2v) is 7.42. The van der Waals surface area contributed by atoms with E-state index in [4.69, 9.17) is 0 Å². The highest BCUT2D eigenvalue weighted by Crippen LogP contribution is 2.37. The quantitative estimate of drug-likeness (QED) is 0.708. The minimum atomic E-state index is -4.52. The predicted molar refractivity (Wildman–Crippen MR) is 103 cm³/mol. The van der Waals surface area contributed by atoms with Crippen molar-refractivity contribution in [3.8, 4) is 17.0 Å². The molecule has 0 bridgehead atoms. The molecule has 0 saturated carbocycles. The maximum absolute atomic E-state index is 12.9. The zero-order valence-electron chi connectivity index (χ0n) is 16.2. The number of phenols is 1. The standard InChI is InChI=1S/C20H22F3N5O/c1-3-27-8-4-5-14(10-27)28-11-24-18-12(2)17(25-26-19(18)28)15-7-6-13(9-16(15)29)20(21,22)23/h6-7,9,11,14,29H,3-5,8,10H2,1-2H3/t14-/m1/s1. The van der Waals surface area contributed by atoms with Gasteiger partial charge < -0.3 is 14.6 Å². The van der Waals surface area contributed by atoms with Crippen LogP contribution in [0.2, 0.25) is 0 Å². The van der Waals surface area contributed by atoms with Gasteiger partial charge in [0.25, 0.3) is 0 Å². The van der Waals surface area contributed by atoms with Gasteiger partial charge in [0.15, 0.2) is 5.65 Å². The average molecular weight is 405 g/mol. The monoisotopic (exact) mass is 405 g/mol. The summed E-state index contributed by atoms with van der Waals surface area (Å²) in [5, 5.41) is 18.7. The van der Waals surface area contributed by atoms with Gasteiger partial charge in [-0.1, -0.05) is 6.92 Å². The number of likely N-dealkylation sites (tertiary alicyclic amines) is 1. The highest BCUT2D eigenvalue weighted by Gasteiger charge is 2.31. The summed E-state index contributed by atoms with van der Waals surface area (Å²) in [6.07, 6.45) is -0.634. The minimum Gasteiger partial charge on any atom is -0.507 e. The van der Waals surface area contributed by atoms with Crippen LogP contribution in [0.1, 0.15) is 36.9 Å². The maximum atomic E-state index is 12.9. The molecule has 29 heavy (non-hydrogen) atoms. The Morgan fingerprint density at radius 1 is 1.24 bits per heavy atom. The van der Waals surface area contributed by atoms with Gasteiger partial charge in [-0.3, -0.25) is 0 Å². The van der Waals surface area contributed by atoms with Crippen molar-refractivity contribution >= 4 is 11.2 Å². The van der Waals surface area contributed by atoms with Crippen molar-refractivity contribution in [2.45, 2.75) is 38.9 Å². The second kappa shape index (κ2) is 7.29. The summed E-state index contributed by atoms with van der Waals surface area (Å²) < 4.78 is 40.6. The molecular weight excluding hydrogens is 383 g/mol. The molecule has 1 atom stereocenters. The Morgan fingerprint density at radius 3 is 2.72 bits per heavy atom. The molecule has 1 fully saturated rings. The van der Waals surface area contributed by atoms with Crippen molar-refractivity contribution in [3.05, 3.63) is 35.7 Å². The van der Waals surface area contributed by atoms with E-state index in [1.807, 2.05) is 4.57 Å². The molecule has 2 aromatic heterocycles. The number of rotatable bonds is 3. The number of benzene rings is 1. The van der Waals surface area contributed by atoms with E-state index in [9.17, 15) is 18.3 Å². The molecule has 3 heterocycles. The first-order chi connectivity index (χ1) is 13.8. The first kappa shape index (κ1) is 19.6. The molecular formula is C20H22F3N5O. The number of aryl methyl sites for hydroxylation is 1. The van der Waals surface area contributed by atoms with Crippen molar-refractivity contribution in [1.29, 1.82) is 0 Å². The summed E-state index contributed by atoms with van der Waals surface area (Å²) in [4.78, 5) is 6.88. The molecule has 0 radical (unpaired) electrons. The van der Waals surface area contributed by atoms with Crippen LogP contribution < -0.4 is 0 Å². The molecule has 0 amide bonds. The minimum absolute atomic E-state index is 0.203. The highest BCUT2D eigenvalue weighted by molar-refractivity contribution is 5.83. The van der Waals surface area contributed by atoms with Crippen molar-refractivity contribution in [2.24, 2.45) is 0 Å². The van der Waals surface area contributed by atoms with E-state index >= 15 is 0 Å². The molecule has 4 rings (SSSR count). The van der Waals surface area contributed by atoms with Gasteiger partial charge in [-0.25, -0.2) is 4.98 Å². The number of nitrogens with zero attached hydrogens (tertiary/aromatic N) is 5. The van der Waals surface area contributed by atoms with Crippen LogP contribution in [-0.4, -0.2) is 49.4 Å². The van der Waals surface area contributed by atoms with Crippen LogP contribution in [0.4, 0.5) is 13.2 Å². The van der Waals surface area contributed by atoms with E-state index in [2.05, 4.69) is 27.0 Å². The number of hydrogen-bond acceptors (Lipinski definition) is 5. The first-order valence-electron chi connectivity index (χ1n) is 9.62. The summed E-state index contributed by atoms with van der Waals surface area (Å²) in [6.45, 7) is 6.93. The summed E-state index contributed by atoms with van der Waals surface area (Å²) in [6, 6.07) is 3.12. The Morgan fingerprint density at radius 2 is 2.03 bits per heavy atom. The van der Waals surface area contributed by atoms with Crippen LogP contribution in [0.15, 0.2) is 24.5 Å². The molecule has 1 aromatic carbocycles. The largest absolute Gasteiger partial charge is 0.507 e. The fraction of sp³-hybridized carbons (Fsp3) is 0.450. The topological polar surface area (TPSA) is 67.1 Å². The Hall–Kier alpha value is -2.68. The maximum Gasteiger partial charge on any atom is 0.416 e. The average Bonchev–Trinajstić information content (AvgIpc) is 3.13. The SMILES string of the molecule is CCN1CCC[C@@H](n2cnc3c(C)c(-c4ccc(C(F)(F)F)cc4O)nnc32)C1. The number of aromatic nitrogens is 4. The van der Waals surface area contributed by atoms with Gasteiger partial charge in [0.05, 0.1) is 11.9 Å². The van der Waals surface area contributed by atoms with Gasteiger partial charge in [0.2, 0.25) is 0 Å². The zero-order valence-corrected chi connectivity index (χ0v) is 16.2. The third kappa shape index (κ3) is 3.55. The molecule has 154 valence electrons. The van der Waals surface area contributed by atoms with Gasteiger partial charge in [-0.2, -0.15) is 13.2 Å². The lowest BCUT2D eigenvalue weighted by Gasteiger charge is -2.32. The van der Waals surface area contributed by atoms with E-state index in [-0.39, 0.29) is 11.6 Å². The van der Waals surface area contributed by atoms with Gasteiger partial charge in [0, 0.05) is 23.7 Å². The van der Waals surface area contributed by atoms with Crippen LogP contribution in [0.3, 0.4) is 0 Å². The number of hydrogen-bond donors (Lipinski definition) is 1. The fourth-order valence-electron chi connectivity index (χ4n) is 3.98. The third-order valence-corrected chi connectivity index (χ3v) is 5.62. The van der Waals surface area contributed by atoms with E-state index in [0.717, 1.165) is 38.5 Å². The summed E-state index contributed by atoms with van der Waals surface area (Å²) in [5.74, 6) is -0.484. The smallest absolute Gasteiger partial charge is 0.416 e. The lowest BCUT2D eigenvalue weighted by atomic mass is 10.0. The Kier molecular flexibility index (Phi) is 4.94. The number of imidazole rings is 1. The Bertz CT molecular complexity index is 1050. The molecule has 1 aliphatic heterocycles. The van der Waals surface area contributed by atoms with E-state index in [1.54, 1.807) is 13.3 Å². The van der Waals surface area contributed by atoms with Crippen molar-refractivity contribution in [1.82, 2.24) is 24.6 Å². The van der Waals surface area contributed by atoms with Gasteiger partial charge in [0.1, 0.15) is 17.0 Å². The Labute approximate surface area is 166 Å². The van der Waals surface area contributed by atoms with E-state index in [1.165, 1.54) is 6.07 Å². The van der Waals surface area contributed by atoms with Crippen molar-refractivity contribution in [3.63, 3.8) is 0 Å². The van der Waals surface area contributed by atoms with Gasteiger partial charge in [-0.15, -0.1) is 10.2 Å². The summed E-state index contributed by atoms with van der Waals surface area (Å²) in [5.41, 5.74) is 1.59. The van der Waals surface area contributed by atoms with E-state index < -0.39 is 17.5 Å². The molecule has 0 spiro atoms. The number of alkyl halides is 3. The van der Waals surface area contributed by atoms with Crippen LogP contribution >= 0.6 is 0 Å². The van der Waals surface area contributed by atoms with Gasteiger partial charge in [-0.05, 0) is 51.1 Å². The van der Waals surface area contributed by atoms with Crippen LogP contribution in [0, 0.1) is 6.92 Å². The molecule has 3 aromatic rings. The molecule has 1 saturated heterocycles. The van der Waals surface area contributed by atoms with Crippen LogP contribution in [0.25, 0.3) is 22.4 Å². The van der Waals surface area contributed by atoms with Crippen LogP contribution in [0.5, 0.6) is 5.75 Å². The zero-order chi connectivity index (χ0) is 20.8. The number of piperidine rings is 1. The van der Waals surface area contributed by atoms with Crippen molar-refractivity contribution < 1.29 is 18.3 Å². The summed E-state index contributed by atoms with van der Waals surface area (Å²) >= 11 is 0. The van der Waals surface area contributed by atoms with Crippen molar-refractivity contribution in [2.75, 3.05) is 19.6 Å². The number of aromatic hydroxyl groups is 1. The molecule has 6 nitrogen and oxygen atoms in total. The highest BCUT2D eigenvalue weighted by atomic mass is 19.4. The van der Waals surface area contributed by atoms with Crippen LogP contribution in [-0.2, 0) is 6.18 Å². The lowest BCUT2D eigenvalue weighted by Crippen LogP contribution is -2.36.